The number of ether oxygens (including phenoxy) is 3. The molecule has 1 aromatic heterocycles. The highest BCUT2D eigenvalue weighted by molar-refractivity contribution is 7.98. The molecule has 3 aliphatic rings. The SMILES string of the molecule is CCCCn1c2ccc(C(=O)C(C)(C)N3CCOCC3)cc2c2cc(C(=O)C(C)(C)N3CCOCC3)ccc21.CSc1ccc(C(=O)C(C)(C)N2CCOCC2)cc1. The molecule has 0 spiro atoms. The van der Waals surface area contributed by atoms with E-state index in [1.165, 1.54) is 4.90 Å². The van der Waals surface area contributed by atoms with Gasteiger partial charge in [-0.25, -0.2) is 0 Å². The van der Waals surface area contributed by atoms with Crippen LogP contribution in [0, 0.1) is 0 Å². The van der Waals surface area contributed by atoms with Crippen LogP contribution in [-0.2, 0) is 20.8 Å². The van der Waals surface area contributed by atoms with Gasteiger partial charge in [-0.2, -0.15) is 0 Å². The van der Waals surface area contributed by atoms with Crippen LogP contribution >= 0.6 is 11.8 Å². The maximum atomic E-state index is 13.8. The summed E-state index contributed by atoms with van der Waals surface area (Å²) in [5, 5.41) is 2.06. The number of unbranched alkanes of at least 4 members (excludes halogenated alkanes) is 1. The summed E-state index contributed by atoms with van der Waals surface area (Å²) < 4.78 is 18.7. The number of rotatable bonds is 13. The molecule has 3 aliphatic heterocycles. The highest BCUT2D eigenvalue weighted by atomic mass is 32.2. The van der Waals surface area contributed by atoms with Gasteiger partial charge in [0.25, 0.3) is 0 Å². The second kappa shape index (κ2) is 18.9. The number of aryl methyl sites for hydroxylation is 1. The summed E-state index contributed by atoms with van der Waals surface area (Å²) in [5.74, 6) is 0.407. The van der Waals surface area contributed by atoms with Gasteiger partial charge in [0.2, 0.25) is 0 Å². The summed E-state index contributed by atoms with van der Waals surface area (Å²) >= 11 is 1.69. The Kier molecular flexibility index (Phi) is 14.4. The molecule has 0 atom stereocenters. The molecule has 58 heavy (non-hydrogen) atoms. The van der Waals surface area contributed by atoms with Gasteiger partial charge in [-0.3, -0.25) is 29.1 Å². The van der Waals surface area contributed by atoms with E-state index in [2.05, 4.69) is 38.3 Å². The topological polar surface area (TPSA) is 93.6 Å². The number of hydrogen-bond acceptors (Lipinski definition) is 10. The minimum absolute atomic E-state index is 0.112. The summed E-state index contributed by atoms with van der Waals surface area (Å²) in [7, 11) is 0. The summed E-state index contributed by atoms with van der Waals surface area (Å²) in [6.07, 6.45) is 4.19. The molecule has 11 heteroatoms. The fraction of sp³-hybridized carbons (Fsp3) is 0.553. The van der Waals surface area contributed by atoms with Crippen LogP contribution in [0.25, 0.3) is 21.8 Å². The zero-order valence-electron chi connectivity index (χ0n) is 36.0. The van der Waals surface area contributed by atoms with E-state index in [1.807, 2.05) is 96.3 Å². The molecule has 4 aromatic rings. The van der Waals surface area contributed by atoms with Crippen LogP contribution in [0.15, 0.2) is 65.6 Å². The standard InChI is InChI=1S/C32H43N3O4.C15H21NO2S/c1-6-7-12-35-27-10-8-23(29(36)31(2,3)33-13-17-38-18-14-33)21-25(27)26-22-24(9-11-28(26)35)30(37)32(4,5)34-15-19-39-20-16-34;1-15(2,16-8-10-18-11-9-16)14(17)12-4-6-13(19-3)7-5-12/h8-11,21-22H,6-7,12-20H2,1-5H3;4-7H,8-11H2,1-3H3. The van der Waals surface area contributed by atoms with Crippen LogP contribution in [0.3, 0.4) is 0 Å². The van der Waals surface area contributed by atoms with Gasteiger partial charge in [0.1, 0.15) is 0 Å². The zero-order valence-corrected chi connectivity index (χ0v) is 36.8. The molecule has 4 heterocycles. The lowest BCUT2D eigenvalue weighted by atomic mass is 9.89. The molecule has 3 aromatic carbocycles. The summed E-state index contributed by atoms with van der Waals surface area (Å²) in [4.78, 5) is 48.2. The summed E-state index contributed by atoms with van der Waals surface area (Å²) in [5.41, 5.74) is 2.70. The molecule has 0 aliphatic carbocycles. The monoisotopic (exact) mass is 812 g/mol. The Balaban J connectivity index is 0.000000250. The Bertz CT molecular complexity index is 1960. The van der Waals surface area contributed by atoms with Crippen molar-refractivity contribution in [2.24, 2.45) is 0 Å². The molecule has 0 unspecified atom stereocenters. The van der Waals surface area contributed by atoms with Crippen molar-refractivity contribution in [2.45, 2.75) is 89.4 Å². The van der Waals surface area contributed by atoms with Gasteiger partial charge in [-0.1, -0.05) is 25.5 Å². The van der Waals surface area contributed by atoms with Crippen molar-refractivity contribution in [3.05, 3.63) is 77.4 Å². The smallest absolute Gasteiger partial charge is 0.182 e. The summed E-state index contributed by atoms with van der Waals surface area (Å²) in [6, 6.07) is 20.1. The molecule has 3 saturated heterocycles. The largest absolute Gasteiger partial charge is 0.379 e. The van der Waals surface area contributed by atoms with Crippen LogP contribution in [0.4, 0.5) is 0 Å². The average Bonchev–Trinajstić information content (AvgIpc) is 3.57. The van der Waals surface area contributed by atoms with E-state index in [9.17, 15) is 14.4 Å². The van der Waals surface area contributed by atoms with Crippen molar-refractivity contribution in [3.63, 3.8) is 0 Å². The molecule has 0 radical (unpaired) electrons. The fourth-order valence-corrected chi connectivity index (χ4v) is 8.95. The maximum Gasteiger partial charge on any atom is 0.182 e. The second-order valence-corrected chi connectivity index (χ2v) is 18.0. The van der Waals surface area contributed by atoms with E-state index in [4.69, 9.17) is 14.2 Å². The Labute approximate surface area is 349 Å². The number of benzene rings is 3. The fourth-order valence-electron chi connectivity index (χ4n) is 8.54. The lowest BCUT2D eigenvalue weighted by molar-refractivity contribution is -0.00442. The first-order valence-electron chi connectivity index (χ1n) is 21.0. The number of carbonyl (C=O) groups is 3. The number of hydrogen-bond donors (Lipinski definition) is 0. The molecule has 10 nitrogen and oxygen atoms in total. The van der Waals surface area contributed by atoms with Crippen molar-refractivity contribution in [1.82, 2.24) is 19.3 Å². The zero-order chi connectivity index (χ0) is 41.7. The van der Waals surface area contributed by atoms with Gasteiger partial charge < -0.3 is 18.8 Å². The van der Waals surface area contributed by atoms with E-state index in [-0.39, 0.29) is 17.3 Å². The predicted octanol–water partition coefficient (Wildman–Crippen LogP) is 7.88. The highest BCUT2D eigenvalue weighted by Gasteiger charge is 2.38. The number of ketones is 3. The van der Waals surface area contributed by atoms with E-state index >= 15 is 0 Å². The van der Waals surface area contributed by atoms with Crippen LogP contribution < -0.4 is 0 Å². The Morgan fingerprint density at radius 1 is 0.552 bits per heavy atom. The van der Waals surface area contributed by atoms with Gasteiger partial charge >= 0.3 is 0 Å². The number of aromatic nitrogens is 1. The van der Waals surface area contributed by atoms with E-state index in [0.717, 1.165) is 86.0 Å². The van der Waals surface area contributed by atoms with Crippen molar-refractivity contribution in [1.29, 1.82) is 0 Å². The quantitative estimate of drug-likeness (QED) is 0.0981. The second-order valence-electron chi connectivity index (χ2n) is 17.2. The Morgan fingerprint density at radius 3 is 1.24 bits per heavy atom. The van der Waals surface area contributed by atoms with Gasteiger partial charge in [-0.15, -0.1) is 11.8 Å². The Morgan fingerprint density at radius 2 is 0.897 bits per heavy atom. The molecular weight excluding hydrogens is 749 g/mol. The molecule has 0 amide bonds. The van der Waals surface area contributed by atoms with E-state index < -0.39 is 16.6 Å². The number of carbonyl (C=O) groups excluding carboxylic acids is 3. The van der Waals surface area contributed by atoms with Crippen LogP contribution in [0.2, 0.25) is 0 Å². The van der Waals surface area contributed by atoms with Crippen molar-refractivity contribution in [3.8, 4) is 0 Å². The number of nitrogens with zero attached hydrogens (tertiary/aromatic N) is 4. The third kappa shape index (κ3) is 9.31. The maximum absolute atomic E-state index is 13.8. The highest BCUT2D eigenvalue weighted by Crippen LogP contribution is 2.34. The van der Waals surface area contributed by atoms with Crippen molar-refractivity contribution in [2.75, 3.05) is 85.2 Å². The van der Waals surface area contributed by atoms with Gasteiger partial charge in [-0.05, 0) is 103 Å². The first-order valence-corrected chi connectivity index (χ1v) is 22.3. The minimum Gasteiger partial charge on any atom is -0.379 e. The van der Waals surface area contributed by atoms with Gasteiger partial charge in [0.05, 0.1) is 56.3 Å². The van der Waals surface area contributed by atoms with Crippen molar-refractivity contribution < 1.29 is 28.6 Å². The van der Waals surface area contributed by atoms with Crippen LogP contribution in [0.5, 0.6) is 0 Å². The lowest BCUT2D eigenvalue weighted by Gasteiger charge is -2.39. The Hall–Kier alpha value is -3.42. The van der Waals surface area contributed by atoms with Crippen molar-refractivity contribution >= 4 is 50.9 Å². The van der Waals surface area contributed by atoms with E-state index in [0.29, 0.717) is 50.8 Å². The van der Waals surface area contributed by atoms with Gasteiger partial charge in [0, 0.05) is 89.2 Å². The summed E-state index contributed by atoms with van der Waals surface area (Å²) in [6.45, 7) is 23.8. The average molecular weight is 813 g/mol. The predicted molar refractivity (Wildman–Crippen MR) is 235 cm³/mol. The molecule has 314 valence electrons. The number of thioether (sulfide) groups is 1. The lowest BCUT2D eigenvalue weighted by Crippen LogP contribution is -2.54. The van der Waals surface area contributed by atoms with Crippen LogP contribution in [0.1, 0.15) is 92.4 Å². The van der Waals surface area contributed by atoms with Gasteiger partial charge in [0.15, 0.2) is 17.3 Å². The normalized spacial score (nSPS) is 17.9. The minimum atomic E-state index is -0.624. The third-order valence-corrected chi connectivity index (χ3v) is 13.3. The van der Waals surface area contributed by atoms with Crippen LogP contribution in [-0.4, -0.2) is 138 Å². The number of fused-ring (bicyclic) bond motifs is 3. The molecule has 7 rings (SSSR count). The molecule has 0 bridgehead atoms. The number of Topliss-reactive ketones (excluding diaryl/α,β-unsaturated/α-hetero) is 3. The third-order valence-electron chi connectivity index (χ3n) is 12.5. The van der Waals surface area contributed by atoms with E-state index in [1.54, 1.807) is 11.8 Å². The number of morpholine rings is 3. The first-order chi connectivity index (χ1) is 27.7. The molecule has 3 fully saturated rings. The molecule has 0 saturated carbocycles. The molecular formula is C47H64N4O6S. The molecule has 0 N–H and O–H groups in total. The first kappa shape index (κ1) is 44.1.